The monoisotopic (exact) mass is 348 g/mol. The van der Waals surface area contributed by atoms with E-state index in [0.717, 1.165) is 5.56 Å². The van der Waals surface area contributed by atoms with E-state index in [1.807, 2.05) is 36.4 Å². The van der Waals surface area contributed by atoms with Crippen molar-refractivity contribution in [2.45, 2.75) is 12.5 Å². The Morgan fingerprint density at radius 3 is 2.27 bits per heavy atom. The maximum absolute atomic E-state index is 12.7. The molecule has 1 heterocycles. The molecule has 2 amide bonds. The van der Waals surface area contributed by atoms with E-state index >= 15 is 0 Å². The van der Waals surface area contributed by atoms with Gasteiger partial charge < -0.3 is 10.6 Å². The van der Waals surface area contributed by atoms with E-state index < -0.39 is 6.04 Å². The summed E-state index contributed by atoms with van der Waals surface area (Å²) in [6.45, 7) is 0. The van der Waals surface area contributed by atoms with E-state index in [4.69, 9.17) is 0 Å². The largest absolute Gasteiger partial charge is 0.340 e. The first-order valence-electron chi connectivity index (χ1n) is 8.32. The third kappa shape index (κ3) is 4.57. The number of nitrogens with one attached hydrogen (secondary N) is 2. The minimum Gasteiger partial charge on any atom is -0.340 e. The molecule has 6 nitrogen and oxygen atoms in total. The van der Waals surface area contributed by atoms with Gasteiger partial charge in [0.2, 0.25) is 5.91 Å². The van der Waals surface area contributed by atoms with Crippen LogP contribution >= 0.6 is 0 Å². The van der Waals surface area contributed by atoms with Crippen LogP contribution in [0.15, 0.2) is 72.9 Å². The van der Waals surface area contributed by atoms with Crippen molar-refractivity contribution in [2.24, 2.45) is 7.05 Å². The first-order valence-corrected chi connectivity index (χ1v) is 8.32. The number of hydrogen-bond acceptors (Lipinski definition) is 3. The zero-order valence-corrected chi connectivity index (χ0v) is 14.4. The zero-order chi connectivity index (χ0) is 18.4. The molecule has 3 rings (SSSR count). The minimum atomic E-state index is -0.716. The van der Waals surface area contributed by atoms with Crippen molar-refractivity contribution >= 4 is 17.6 Å². The van der Waals surface area contributed by atoms with Gasteiger partial charge in [0.15, 0.2) is 5.82 Å². The maximum Gasteiger partial charge on any atom is 0.251 e. The molecule has 26 heavy (non-hydrogen) atoms. The van der Waals surface area contributed by atoms with Gasteiger partial charge in [0.05, 0.1) is 0 Å². The minimum absolute atomic E-state index is 0.289. The van der Waals surface area contributed by atoms with Crippen LogP contribution in [0.25, 0.3) is 0 Å². The summed E-state index contributed by atoms with van der Waals surface area (Å²) in [6, 6.07) is 19.4. The molecule has 3 aromatic rings. The quantitative estimate of drug-likeness (QED) is 0.718. The Bertz CT molecular complexity index is 875. The van der Waals surface area contributed by atoms with Gasteiger partial charge in [-0.2, -0.15) is 5.10 Å². The van der Waals surface area contributed by atoms with Gasteiger partial charge in [-0.3, -0.25) is 14.3 Å². The average molecular weight is 348 g/mol. The second-order valence-corrected chi connectivity index (χ2v) is 5.95. The summed E-state index contributed by atoms with van der Waals surface area (Å²) in [4.78, 5) is 25.2. The molecule has 0 saturated heterocycles. The Labute approximate surface area is 151 Å². The molecular formula is C20H20N4O2. The van der Waals surface area contributed by atoms with E-state index in [1.54, 1.807) is 48.3 Å². The first-order chi connectivity index (χ1) is 12.6. The topological polar surface area (TPSA) is 76.0 Å². The summed E-state index contributed by atoms with van der Waals surface area (Å²) in [7, 11) is 1.77. The third-order valence-electron chi connectivity index (χ3n) is 3.91. The third-order valence-corrected chi connectivity index (χ3v) is 3.91. The van der Waals surface area contributed by atoms with Crippen LogP contribution in [0.5, 0.6) is 0 Å². The van der Waals surface area contributed by atoms with Crippen molar-refractivity contribution in [1.82, 2.24) is 15.1 Å². The second kappa shape index (κ2) is 8.11. The molecular weight excluding hydrogens is 328 g/mol. The summed E-state index contributed by atoms with van der Waals surface area (Å²) in [6.07, 6.45) is 2.13. The number of aryl methyl sites for hydroxylation is 1. The Kier molecular flexibility index (Phi) is 5.43. The Hall–Kier alpha value is -3.41. The molecule has 6 heteroatoms. The first kappa shape index (κ1) is 17.4. The van der Waals surface area contributed by atoms with Crippen molar-refractivity contribution < 1.29 is 9.59 Å². The van der Waals surface area contributed by atoms with Gasteiger partial charge in [0, 0.05) is 31.3 Å². The van der Waals surface area contributed by atoms with E-state index in [-0.39, 0.29) is 11.8 Å². The van der Waals surface area contributed by atoms with Gasteiger partial charge in [-0.15, -0.1) is 0 Å². The lowest BCUT2D eigenvalue weighted by atomic mass is 10.0. The SMILES string of the molecule is Cn1ccc(NC(=O)[C@H](Cc2ccccc2)NC(=O)c2ccccc2)n1. The van der Waals surface area contributed by atoms with Crippen LogP contribution in [0.1, 0.15) is 15.9 Å². The highest BCUT2D eigenvalue weighted by Crippen LogP contribution is 2.08. The van der Waals surface area contributed by atoms with Crippen LogP contribution in [0.4, 0.5) is 5.82 Å². The molecule has 0 aliphatic carbocycles. The number of benzene rings is 2. The van der Waals surface area contributed by atoms with Gasteiger partial charge in [0.1, 0.15) is 6.04 Å². The number of nitrogens with zero attached hydrogens (tertiary/aromatic N) is 2. The Balaban J connectivity index is 1.76. The summed E-state index contributed by atoms with van der Waals surface area (Å²) in [5.74, 6) is -0.149. The highest BCUT2D eigenvalue weighted by molar-refractivity contribution is 6.00. The molecule has 0 fully saturated rings. The normalized spacial score (nSPS) is 11.6. The molecule has 0 unspecified atom stereocenters. The average Bonchev–Trinajstić information content (AvgIpc) is 3.07. The van der Waals surface area contributed by atoms with Crippen LogP contribution in [0, 0.1) is 0 Å². The standard InChI is InChI=1S/C20H20N4O2/c1-24-13-12-18(23-24)22-20(26)17(14-15-8-4-2-5-9-15)21-19(25)16-10-6-3-7-11-16/h2-13,17H,14H2,1H3,(H,21,25)(H,22,23,26)/t17-/m0/s1. The molecule has 2 N–H and O–H groups in total. The van der Waals surface area contributed by atoms with Crippen molar-refractivity contribution in [3.63, 3.8) is 0 Å². The van der Waals surface area contributed by atoms with Gasteiger partial charge in [0.25, 0.3) is 5.91 Å². The fraction of sp³-hybridized carbons (Fsp3) is 0.150. The van der Waals surface area contributed by atoms with Gasteiger partial charge in [-0.1, -0.05) is 48.5 Å². The summed E-state index contributed by atoms with van der Waals surface area (Å²) in [5, 5.41) is 9.73. The van der Waals surface area contributed by atoms with Crippen molar-refractivity contribution in [2.75, 3.05) is 5.32 Å². The van der Waals surface area contributed by atoms with Gasteiger partial charge in [-0.25, -0.2) is 0 Å². The predicted molar refractivity (Wildman–Crippen MR) is 99.7 cm³/mol. The van der Waals surface area contributed by atoms with Crippen molar-refractivity contribution in [1.29, 1.82) is 0 Å². The van der Waals surface area contributed by atoms with Crippen LogP contribution < -0.4 is 10.6 Å². The van der Waals surface area contributed by atoms with E-state index in [0.29, 0.717) is 17.8 Å². The lowest BCUT2D eigenvalue weighted by molar-refractivity contribution is -0.118. The molecule has 1 aromatic heterocycles. The van der Waals surface area contributed by atoms with Gasteiger partial charge in [-0.05, 0) is 17.7 Å². The van der Waals surface area contributed by atoms with E-state index in [9.17, 15) is 9.59 Å². The lowest BCUT2D eigenvalue weighted by Gasteiger charge is -2.18. The zero-order valence-electron chi connectivity index (χ0n) is 14.4. The Morgan fingerprint density at radius 1 is 1.00 bits per heavy atom. The summed E-state index contributed by atoms with van der Waals surface area (Å²) in [5.41, 5.74) is 1.47. The number of anilines is 1. The fourth-order valence-electron chi connectivity index (χ4n) is 2.59. The molecule has 0 spiro atoms. The fourth-order valence-corrected chi connectivity index (χ4v) is 2.59. The lowest BCUT2D eigenvalue weighted by Crippen LogP contribution is -2.45. The molecule has 0 aliphatic heterocycles. The molecule has 1 atom stereocenters. The van der Waals surface area contributed by atoms with Crippen LogP contribution in [0.3, 0.4) is 0 Å². The molecule has 2 aromatic carbocycles. The molecule has 0 bridgehead atoms. The Morgan fingerprint density at radius 2 is 1.65 bits per heavy atom. The number of aromatic nitrogens is 2. The van der Waals surface area contributed by atoms with Crippen molar-refractivity contribution in [3.05, 3.63) is 84.1 Å². The smallest absolute Gasteiger partial charge is 0.251 e. The van der Waals surface area contributed by atoms with Crippen LogP contribution in [-0.4, -0.2) is 27.6 Å². The van der Waals surface area contributed by atoms with Crippen molar-refractivity contribution in [3.8, 4) is 0 Å². The highest BCUT2D eigenvalue weighted by atomic mass is 16.2. The number of rotatable bonds is 6. The second-order valence-electron chi connectivity index (χ2n) is 5.95. The van der Waals surface area contributed by atoms with Gasteiger partial charge >= 0.3 is 0 Å². The number of carbonyl (C=O) groups is 2. The predicted octanol–water partition coefficient (Wildman–Crippen LogP) is 2.40. The molecule has 0 saturated carbocycles. The van der Waals surface area contributed by atoms with Crippen LogP contribution in [-0.2, 0) is 18.3 Å². The van der Waals surface area contributed by atoms with Crippen LogP contribution in [0.2, 0.25) is 0 Å². The number of amides is 2. The summed E-state index contributed by atoms with van der Waals surface area (Å²) < 4.78 is 1.60. The number of hydrogen-bond donors (Lipinski definition) is 2. The molecule has 0 radical (unpaired) electrons. The number of carbonyl (C=O) groups excluding carboxylic acids is 2. The van der Waals surface area contributed by atoms with E-state index in [2.05, 4.69) is 15.7 Å². The highest BCUT2D eigenvalue weighted by Gasteiger charge is 2.22. The molecule has 0 aliphatic rings. The maximum atomic E-state index is 12.7. The molecule has 132 valence electrons. The van der Waals surface area contributed by atoms with E-state index in [1.165, 1.54) is 0 Å². The summed E-state index contributed by atoms with van der Waals surface area (Å²) >= 11 is 0.